The van der Waals surface area contributed by atoms with E-state index < -0.39 is 5.79 Å². The van der Waals surface area contributed by atoms with Gasteiger partial charge < -0.3 is 9.47 Å². The Kier molecular flexibility index (Phi) is 3.39. The Balaban J connectivity index is 2.10. The van der Waals surface area contributed by atoms with Crippen LogP contribution in [0.25, 0.3) is 0 Å². The summed E-state index contributed by atoms with van der Waals surface area (Å²) in [4.78, 5) is 0. The van der Waals surface area contributed by atoms with Crippen LogP contribution in [0.15, 0.2) is 60.9 Å². The van der Waals surface area contributed by atoms with Gasteiger partial charge in [-0.1, -0.05) is 30.8 Å². The minimum Gasteiger partial charge on any atom is -0.456 e. The third-order valence-electron chi connectivity index (χ3n) is 3.51. The molecule has 4 heteroatoms. The average Bonchev–Trinajstić information content (AvgIpc) is 2.98. The molecule has 0 N–H and O–H groups in total. The van der Waals surface area contributed by atoms with Gasteiger partial charge in [-0.05, 0) is 24.3 Å². The van der Waals surface area contributed by atoms with Crippen LogP contribution in [0, 0.1) is 22.7 Å². The van der Waals surface area contributed by atoms with Crippen LogP contribution in [0.5, 0.6) is 0 Å². The van der Waals surface area contributed by atoms with Crippen molar-refractivity contribution in [2.24, 2.45) is 0 Å². The predicted octanol–water partition coefficient (Wildman–Crippen LogP) is 3.19. The van der Waals surface area contributed by atoms with Crippen LogP contribution < -0.4 is 0 Å². The van der Waals surface area contributed by atoms with Crippen molar-refractivity contribution in [2.75, 3.05) is 6.61 Å². The van der Waals surface area contributed by atoms with E-state index in [2.05, 4.69) is 18.7 Å². The zero-order chi connectivity index (χ0) is 15.6. The summed E-state index contributed by atoms with van der Waals surface area (Å²) in [7, 11) is 0. The standard InChI is InChI=1S/C18H12N2O2/c1-13-12-21-18(22-13,16-6-2-14(10-19)3-7-16)17-8-4-15(11-20)5-9-17/h2-9H,1,12H2. The number of ether oxygens (including phenoxy) is 2. The Hall–Kier alpha value is -3.08. The van der Waals surface area contributed by atoms with Crippen molar-refractivity contribution < 1.29 is 9.47 Å². The Labute approximate surface area is 128 Å². The highest BCUT2D eigenvalue weighted by atomic mass is 16.7. The van der Waals surface area contributed by atoms with E-state index in [0.29, 0.717) is 23.5 Å². The van der Waals surface area contributed by atoms with Gasteiger partial charge in [-0.2, -0.15) is 10.5 Å². The molecule has 4 nitrogen and oxygen atoms in total. The highest BCUT2D eigenvalue weighted by Crippen LogP contribution is 2.41. The van der Waals surface area contributed by atoms with Crippen molar-refractivity contribution in [3.05, 3.63) is 83.1 Å². The van der Waals surface area contributed by atoms with Crippen molar-refractivity contribution in [2.45, 2.75) is 5.79 Å². The SMILES string of the molecule is C=C1COC(c2ccc(C#N)cc2)(c2ccc(C#N)cc2)O1. The Morgan fingerprint density at radius 3 is 1.64 bits per heavy atom. The molecule has 0 saturated carbocycles. The average molecular weight is 288 g/mol. The van der Waals surface area contributed by atoms with Gasteiger partial charge in [0.15, 0.2) is 0 Å². The van der Waals surface area contributed by atoms with Gasteiger partial charge in [-0.15, -0.1) is 0 Å². The number of nitriles is 2. The van der Waals surface area contributed by atoms with Gasteiger partial charge in [-0.25, -0.2) is 0 Å². The van der Waals surface area contributed by atoms with E-state index in [9.17, 15) is 0 Å². The number of rotatable bonds is 2. The fraction of sp³-hybridized carbons (Fsp3) is 0.111. The van der Waals surface area contributed by atoms with E-state index in [4.69, 9.17) is 20.0 Å². The van der Waals surface area contributed by atoms with Crippen molar-refractivity contribution >= 4 is 0 Å². The molecule has 0 atom stereocenters. The minimum absolute atomic E-state index is 0.292. The summed E-state index contributed by atoms with van der Waals surface area (Å²) in [5, 5.41) is 17.8. The highest BCUT2D eigenvalue weighted by molar-refractivity contribution is 5.42. The number of hydrogen-bond donors (Lipinski definition) is 0. The first kappa shape index (κ1) is 13.9. The smallest absolute Gasteiger partial charge is 0.264 e. The molecule has 0 spiro atoms. The summed E-state index contributed by atoms with van der Waals surface area (Å²) in [6.45, 7) is 4.11. The monoisotopic (exact) mass is 288 g/mol. The van der Waals surface area contributed by atoms with Crippen LogP contribution >= 0.6 is 0 Å². The van der Waals surface area contributed by atoms with E-state index in [0.717, 1.165) is 11.1 Å². The van der Waals surface area contributed by atoms with E-state index in [-0.39, 0.29) is 0 Å². The van der Waals surface area contributed by atoms with Gasteiger partial charge >= 0.3 is 0 Å². The molecule has 3 rings (SSSR count). The first-order valence-electron chi connectivity index (χ1n) is 6.70. The van der Waals surface area contributed by atoms with Gasteiger partial charge in [0, 0.05) is 11.1 Å². The molecule has 0 radical (unpaired) electrons. The Morgan fingerprint density at radius 1 is 0.864 bits per heavy atom. The van der Waals surface area contributed by atoms with E-state index in [1.807, 2.05) is 0 Å². The lowest BCUT2D eigenvalue weighted by Crippen LogP contribution is -2.28. The van der Waals surface area contributed by atoms with Crippen LogP contribution in [0.3, 0.4) is 0 Å². The van der Waals surface area contributed by atoms with Gasteiger partial charge in [-0.3, -0.25) is 0 Å². The molecule has 1 fully saturated rings. The molecule has 1 aliphatic heterocycles. The summed E-state index contributed by atoms with van der Waals surface area (Å²) < 4.78 is 11.8. The lowest BCUT2D eigenvalue weighted by Gasteiger charge is -2.28. The quantitative estimate of drug-likeness (QED) is 0.851. The van der Waals surface area contributed by atoms with Crippen LogP contribution in [-0.4, -0.2) is 6.61 Å². The first-order chi connectivity index (χ1) is 10.7. The molecule has 1 saturated heterocycles. The van der Waals surface area contributed by atoms with E-state index >= 15 is 0 Å². The maximum atomic E-state index is 8.92. The molecule has 0 amide bonds. The van der Waals surface area contributed by atoms with Gasteiger partial charge in [0.2, 0.25) is 0 Å². The molecule has 0 bridgehead atoms. The van der Waals surface area contributed by atoms with Crippen LogP contribution in [0.2, 0.25) is 0 Å². The van der Waals surface area contributed by atoms with Crippen LogP contribution in [-0.2, 0) is 15.3 Å². The molecule has 1 heterocycles. The zero-order valence-corrected chi connectivity index (χ0v) is 11.7. The third kappa shape index (κ3) is 2.22. The molecular formula is C18H12N2O2. The largest absolute Gasteiger partial charge is 0.456 e. The van der Waals surface area contributed by atoms with E-state index in [1.54, 1.807) is 48.5 Å². The van der Waals surface area contributed by atoms with Crippen molar-refractivity contribution in [3.8, 4) is 12.1 Å². The zero-order valence-electron chi connectivity index (χ0n) is 11.7. The van der Waals surface area contributed by atoms with Crippen LogP contribution in [0.4, 0.5) is 0 Å². The minimum atomic E-state index is -1.08. The topological polar surface area (TPSA) is 66.0 Å². The summed E-state index contributed by atoms with van der Waals surface area (Å²) in [5.41, 5.74) is 2.68. The second-order valence-electron chi connectivity index (χ2n) is 4.92. The van der Waals surface area contributed by atoms with Crippen molar-refractivity contribution in [3.63, 3.8) is 0 Å². The summed E-state index contributed by atoms with van der Waals surface area (Å²) in [5.74, 6) is -0.548. The Bertz CT molecular complexity index is 735. The molecule has 1 aliphatic rings. The molecule has 2 aromatic carbocycles. The predicted molar refractivity (Wildman–Crippen MR) is 79.3 cm³/mol. The summed E-state index contributed by atoms with van der Waals surface area (Å²) >= 11 is 0. The normalized spacial score (nSPS) is 15.6. The maximum Gasteiger partial charge on any atom is 0.264 e. The Morgan fingerprint density at radius 2 is 1.32 bits per heavy atom. The molecule has 0 aliphatic carbocycles. The molecular weight excluding hydrogens is 276 g/mol. The van der Waals surface area contributed by atoms with Gasteiger partial charge in [0.1, 0.15) is 12.4 Å². The molecule has 22 heavy (non-hydrogen) atoms. The lowest BCUT2D eigenvalue weighted by atomic mass is 9.95. The second-order valence-corrected chi connectivity index (χ2v) is 4.92. The van der Waals surface area contributed by atoms with Crippen LogP contribution in [0.1, 0.15) is 22.3 Å². The number of benzene rings is 2. The fourth-order valence-corrected chi connectivity index (χ4v) is 2.42. The molecule has 2 aromatic rings. The second kappa shape index (κ2) is 5.37. The molecule has 106 valence electrons. The third-order valence-corrected chi connectivity index (χ3v) is 3.51. The molecule has 0 unspecified atom stereocenters. The molecule has 0 aromatic heterocycles. The van der Waals surface area contributed by atoms with E-state index in [1.165, 1.54) is 0 Å². The number of nitrogens with zero attached hydrogens (tertiary/aromatic N) is 2. The summed E-state index contributed by atoms with van der Waals surface area (Å²) in [6.07, 6.45) is 0. The summed E-state index contributed by atoms with van der Waals surface area (Å²) in [6, 6.07) is 18.2. The number of hydrogen-bond acceptors (Lipinski definition) is 4. The highest BCUT2D eigenvalue weighted by Gasteiger charge is 2.43. The lowest BCUT2D eigenvalue weighted by molar-refractivity contribution is -0.120. The van der Waals surface area contributed by atoms with Crippen molar-refractivity contribution in [1.29, 1.82) is 10.5 Å². The first-order valence-corrected chi connectivity index (χ1v) is 6.70. The fourth-order valence-electron chi connectivity index (χ4n) is 2.42. The van der Waals surface area contributed by atoms with Crippen molar-refractivity contribution in [1.82, 2.24) is 0 Å². The maximum absolute atomic E-state index is 8.92. The van der Waals surface area contributed by atoms with Gasteiger partial charge in [0.05, 0.1) is 23.3 Å². The van der Waals surface area contributed by atoms with Gasteiger partial charge in [0.25, 0.3) is 5.79 Å².